The van der Waals surface area contributed by atoms with E-state index in [-0.39, 0.29) is 5.25 Å². The first-order valence-electron chi connectivity index (χ1n) is 6.01. The van der Waals surface area contributed by atoms with E-state index >= 15 is 0 Å². The van der Waals surface area contributed by atoms with Gasteiger partial charge in [0.15, 0.2) is 0 Å². The lowest BCUT2D eigenvalue weighted by Crippen LogP contribution is -2.44. The van der Waals surface area contributed by atoms with E-state index in [2.05, 4.69) is 10.0 Å². The fraction of sp³-hybridized carbons (Fsp3) is 0.500. The van der Waals surface area contributed by atoms with Crippen LogP contribution in [0.2, 0.25) is 5.02 Å². The summed E-state index contributed by atoms with van der Waals surface area (Å²) in [5, 5.41) is 3.44. The molecular weight excluding hydrogens is 272 g/mol. The van der Waals surface area contributed by atoms with Gasteiger partial charge in [-0.25, -0.2) is 13.1 Å². The molecule has 1 aromatic rings. The molecule has 0 aromatic heterocycles. The first-order valence-corrected chi connectivity index (χ1v) is 7.94. The van der Waals surface area contributed by atoms with E-state index in [4.69, 9.17) is 11.6 Å². The van der Waals surface area contributed by atoms with Crippen LogP contribution in [-0.2, 0) is 16.6 Å². The van der Waals surface area contributed by atoms with Crippen LogP contribution in [0.15, 0.2) is 24.3 Å². The summed E-state index contributed by atoms with van der Waals surface area (Å²) in [6.07, 6.45) is 1.63. The van der Waals surface area contributed by atoms with E-state index in [0.29, 0.717) is 18.1 Å². The first-order chi connectivity index (χ1) is 8.58. The molecule has 0 radical (unpaired) electrons. The van der Waals surface area contributed by atoms with Crippen LogP contribution in [0.3, 0.4) is 0 Å². The van der Waals surface area contributed by atoms with Crippen molar-refractivity contribution in [1.82, 2.24) is 10.0 Å². The zero-order valence-electron chi connectivity index (χ0n) is 10.0. The van der Waals surface area contributed by atoms with Gasteiger partial charge >= 0.3 is 0 Å². The Morgan fingerprint density at radius 2 is 2.06 bits per heavy atom. The SMILES string of the molecule is O=S(=O)(NCc1ccc(Cl)cc1)C1CCCNC1. The molecule has 4 nitrogen and oxygen atoms in total. The van der Waals surface area contributed by atoms with Crippen LogP contribution in [0.5, 0.6) is 0 Å². The highest BCUT2D eigenvalue weighted by molar-refractivity contribution is 7.90. The number of piperidine rings is 1. The topological polar surface area (TPSA) is 58.2 Å². The zero-order valence-corrected chi connectivity index (χ0v) is 11.6. The van der Waals surface area contributed by atoms with E-state index < -0.39 is 10.0 Å². The summed E-state index contributed by atoms with van der Waals surface area (Å²) in [5.74, 6) is 0. The highest BCUT2D eigenvalue weighted by atomic mass is 35.5. The van der Waals surface area contributed by atoms with E-state index in [1.165, 1.54) is 0 Å². The standard InChI is InChI=1S/C12H17ClN2O2S/c13-11-5-3-10(4-6-11)8-15-18(16,17)12-2-1-7-14-9-12/h3-6,12,14-15H,1-2,7-9H2. The van der Waals surface area contributed by atoms with Crippen LogP contribution in [0.25, 0.3) is 0 Å². The van der Waals surface area contributed by atoms with Crippen LogP contribution in [0.4, 0.5) is 0 Å². The Bertz CT molecular complexity index is 481. The smallest absolute Gasteiger partial charge is 0.216 e. The van der Waals surface area contributed by atoms with Crippen LogP contribution in [0, 0.1) is 0 Å². The summed E-state index contributed by atoms with van der Waals surface area (Å²) in [7, 11) is -3.24. The Hall–Kier alpha value is -0.620. The molecule has 6 heteroatoms. The maximum absolute atomic E-state index is 12.0. The molecule has 0 bridgehead atoms. The fourth-order valence-electron chi connectivity index (χ4n) is 1.99. The van der Waals surface area contributed by atoms with Crippen LogP contribution < -0.4 is 10.0 Å². The monoisotopic (exact) mass is 288 g/mol. The second-order valence-corrected chi connectivity index (χ2v) is 6.94. The minimum absolute atomic E-state index is 0.315. The predicted octanol–water partition coefficient (Wildman–Crippen LogP) is 1.51. The van der Waals surface area contributed by atoms with Crippen molar-refractivity contribution in [2.24, 2.45) is 0 Å². The molecule has 0 aliphatic carbocycles. The second-order valence-electron chi connectivity index (χ2n) is 4.46. The maximum atomic E-state index is 12.0. The number of benzene rings is 1. The Balaban J connectivity index is 1.94. The third-order valence-corrected chi connectivity index (χ3v) is 5.16. The molecular formula is C12H17ClN2O2S. The van der Waals surface area contributed by atoms with Crippen LogP contribution in [-0.4, -0.2) is 26.8 Å². The summed E-state index contributed by atoms with van der Waals surface area (Å²) >= 11 is 5.78. The minimum Gasteiger partial charge on any atom is -0.315 e. The van der Waals surface area contributed by atoms with Crippen molar-refractivity contribution in [2.45, 2.75) is 24.6 Å². The Kier molecular flexibility index (Phi) is 4.61. The van der Waals surface area contributed by atoms with Gasteiger partial charge in [0, 0.05) is 18.1 Å². The average Bonchev–Trinajstić information content (AvgIpc) is 2.39. The van der Waals surface area contributed by atoms with Gasteiger partial charge < -0.3 is 5.32 Å². The molecule has 1 heterocycles. The molecule has 1 fully saturated rings. The summed E-state index contributed by atoms with van der Waals surface area (Å²) < 4.78 is 26.8. The van der Waals surface area contributed by atoms with E-state index in [0.717, 1.165) is 24.9 Å². The number of nitrogens with one attached hydrogen (secondary N) is 2. The molecule has 1 saturated heterocycles. The Morgan fingerprint density at radius 1 is 1.33 bits per heavy atom. The molecule has 0 spiro atoms. The minimum atomic E-state index is -3.24. The molecule has 1 aromatic carbocycles. The fourth-order valence-corrected chi connectivity index (χ4v) is 3.53. The lowest BCUT2D eigenvalue weighted by molar-refractivity contribution is 0.490. The number of hydrogen-bond donors (Lipinski definition) is 2. The van der Waals surface area contributed by atoms with Gasteiger partial charge in [0.25, 0.3) is 0 Å². The lowest BCUT2D eigenvalue weighted by Gasteiger charge is -2.23. The van der Waals surface area contributed by atoms with Crippen molar-refractivity contribution in [3.63, 3.8) is 0 Å². The largest absolute Gasteiger partial charge is 0.315 e. The molecule has 0 saturated carbocycles. The van der Waals surface area contributed by atoms with Gasteiger partial charge in [-0.1, -0.05) is 23.7 Å². The Labute approximate surface area is 113 Å². The van der Waals surface area contributed by atoms with E-state index in [9.17, 15) is 8.42 Å². The zero-order chi connectivity index (χ0) is 13.0. The summed E-state index contributed by atoms with van der Waals surface area (Å²) in [6, 6.07) is 7.16. The first kappa shape index (κ1) is 13.8. The highest BCUT2D eigenvalue weighted by Crippen LogP contribution is 2.12. The van der Waals surface area contributed by atoms with Crippen molar-refractivity contribution in [3.05, 3.63) is 34.9 Å². The van der Waals surface area contributed by atoms with Crippen LogP contribution >= 0.6 is 11.6 Å². The summed E-state index contributed by atoms with van der Waals surface area (Å²) in [5.41, 5.74) is 0.909. The number of halogens is 1. The number of rotatable bonds is 4. The van der Waals surface area contributed by atoms with E-state index in [1.807, 2.05) is 12.1 Å². The van der Waals surface area contributed by atoms with Gasteiger partial charge in [-0.2, -0.15) is 0 Å². The quantitative estimate of drug-likeness (QED) is 0.883. The maximum Gasteiger partial charge on any atom is 0.216 e. The normalized spacial score (nSPS) is 20.8. The molecule has 2 N–H and O–H groups in total. The van der Waals surface area contributed by atoms with Gasteiger partial charge in [0.1, 0.15) is 0 Å². The third kappa shape index (κ3) is 3.68. The molecule has 1 atom stereocenters. The Morgan fingerprint density at radius 3 is 2.67 bits per heavy atom. The number of hydrogen-bond acceptors (Lipinski definition) is 3. The van der Waals surface area contributed by atoms with Gasteiger partial charge in [0.05, 0.1) is 5.25 Å². The molecule has 2 rings (SSSR count). The van der Waals surface area contributed by atoms with Crippen molar-refractivity contribution in [2.75, 3.05) is 13.1 Å². The van der Waals surface area contributed by atoms with Crippen molar-refractivity contribution < 1.29 is 8.42 Å². The van der Waals surface area contributed by atoms with E-state index in [1.54, 1.807) is 12.1 Å². The molecule has 18 heavy (non-hydrogen) atoms. The van der Waals surface area contributed by atoms with Crippen molar-refractivity contribution in [1.29, 1.82) is 0 Å². The number of sulfonamides is 1. The summed E-state index contributed by atoms with van der Waals surface area (Å²) in [6.45, 7) is 1.76. The summed E-state index contributed by atoms with van der Waals surface area (Å²) in [4.78, 5) is 0. The molecule has 1 aliphatic rings. The van der Waals surface area contributed by atoms with Gasteiger partial charge in [-0.3, -0.25) is 0 Å². The molecule has 100 valence electrons. The van der Waals surface area contributed by atoms with Gasteiger partial charge in [0.2, 0.25) is 10.0 Å². The second kappa shape index (κ2) is 6.02. The average molecular weight is 289 g/mol. The highest BCUT2D eigenvalue weighted by Gasteiger charge is 2.26. The molecule has 1 aliphatic heterocycles. The van der Waals surface area contributed by atoms with Gasteiger partial charge in [-0.15, -0.1) is 0 Å². The molecule has 0 amide bonds. The van der Waals surface area contributed by atoms with Crippen molar-refractivity contribution >= 4 is 21.6 Å². The van der Waals surface area contributed by atoms with Crippen LogP contribution in [0.1, 0.15) is 18.4 Å². The lowest BCUT2D eigenvalue weighted by atomic mass is 10.2. The predicted molar refractivity (Wildman–Crippen MR) is 73.1 cm³/mol. The van der Waals surface area contributed by atoms with Crippen molar-refractivity contribution in [3.8, 4) is 0 Å². The third-order valence-electron chi connectivity index (χ3n) is 3.08. The molecule has 1 unspecified atom stereocenters. The van der Waals surface area contributed by atoms with Gasteiger partial charge in [-0.05, 0) is 37.1 Å².